The second-order valence-electron chi connectivity index (χ2n) is 5.48. The Morgan fingerprint density at radius 2 is 1.85 bits per heavy atom. The molecule has 1 amide bonds. The second kappa shape index (κ2) is 9.05. The normalized spacial score (nSPS) is 10.6. The van der Waals surface area contributed by atoms with Crippen molar-refractivity contribution >= 4 is 34.7 Å². The molecule has 0 fully saturated rings. The van der Waals surface area contributed by atoms with Crippen LogP contribution in [0.1, 0.15) is 5.56 Å². The van der Waals surface area contributed by atoms with Crippen molar-refractivity contribution in [2.45, 2.75) is 11.6 Å². The fourth-order valence-corrected chi connectivity index (χ4v) is 2.90. The maximum Gasteiger partial charge on any atom is 0.316 e. The van der Waals surface area contributed by atoms with E-state index in [-0.39, 0.29) is 18.3 Å². The van der Waals surface area contributed by atoms with E-state index in [2.05, 4.69) is 10.3 Å². The lowest BCUT2D eigenvalue weighted by Gasteiger charge is -2.06. The van der Waals surface area contributed by atoms with Crippen molar-refractivity contribution in [1.82, 2.24) is 10.3 Å². The van der Waals surface area contributed by atoms with Gasteiger partial charge in [-0.3, -0.25) is 9.59 Å². The van der Waals surface area contributed by atoms with E-state index in [1.54, 1.807) is 0 Å². The molecular formula is C19H18N2O4S. The number of thioether (sulfide) groups is 1. The van der Waals surface area contributed by atoms with Crippen LogP contribution in [0.5, 0.6) is 0 Å². The maximum atomic E-state index is 11.7. The number of hydrogen-bond donors (Lipinski definition) is 1. The lowest BCUT2D eigenvalue weighted by atomic mass is 10.1. The van der Waals surface area contributed by atoms with E-state index < -0.39 is 5.97 Å². The van der Waals surface area contributed by atoms with Gasteiger partial charge in [-0.25, -0.2) is 4.98 Å². The molecule has 0 spiro atoms. The molecule has 0 radical (unpaired) electrons. The van der Waals surface area contributed by atoms with Crippen molar-refractivity contribution < 1.29 is 18.7 Å². The molecule has 134 valence electrons. The van der Waals surface area contributed by atoms with Crippen molar-refractivity contribution in [2.75, 3.05) is 18.9 Å². The van der Waals surface area contributed by atoms with E-state index in [0.717, 1.165) is 29.3 Å². The van der Waals surface area contributed by atoms with Crippen molar-refractivity contribution in [1.29, 1.82) is 0 Å². The van der Waals surface area contributed by atoms with Gasteiger partial charge >= 0.3 is 5.97 Å². The number of nitrogens with zero attached hydrogens (tertiary/aromatic N) is 1. The third-order valence-corrected chi connectivity index (χ3v) is 4.33. The molecule has 0 saturated carbocycles. The van der Waals surface area contributed by atoms with Gasteiger partial charge in [-0.1, -0.05) is 54.2 Å². The average Bonchev–Trinajstić information content (AvgIpc) is 3.08. The number of rotatable bonds is 8. The number of nitrogens with one attached hydrogen (secondary N) is 1. The molecule has 3 aromatic rings. The number of ether oxygens (including phenoxy) is 1. The summed E-state index contributed by atoms with van der Waals surface area (Å²) in [6.45, 7) is 0.208. The zero-order valence-corrected chi connectivity index (χ0v) is 14.8. The molecule has 1 N–H and O–H groups in total. The summed E-state index contributed by atoms with van der Waals surface area (Å²) in [7, 11) is 0. The van der Waals surface area contributed by atoms with Crippen molar-refractivity contribution in [3.63, 3.8) is 0 Å². The fourth-order valence-electron chi connectivity index (χ4n) is 2.26. The van der Waals surface area contributed by atoms with Gasteiger partial charge in [0.2, 0.25) is 0 Å². The number of hydrogen-bond acceptors (Lipinski definition) is 6. The standard InChI is InChI=1S/C19H18N2O4S/c22-17(20-11-10-14-6-2-1-3-7-14)12-24-18(23)13-26-19-21-15-8-4-5-9-16(15)25-19/h1-9H,10-13H2,(H,20,22). The zero-order chi connectivity index (χ0) is 18.2. The molecule has 7 heteroatoms. The number of fused-ring (bicyclic) bond motifs is 1. The Morgan fingerprint density at radius 1 is 1.08 bits per heavy atom. The SMILES string of the molecule is O=C(COC(=O)CSc1nc2ccccc2o1)NCCc1ccccc1. The highest BCUT2D eigenvalue weighted by Gasteiger charge is 2.11. The molecule has 0 bridgehead atoms. The van der Waals surface area contributed by atoms with Crippen LogP contribution in [0, 0.1) is 0 Å². The Morgan fingerprint density at radius 3 is 2.65 bits per heavy atom. The number of amides is 1. The minimum atomic E-state index is -0.490. The number of esters is 1. The van der Waals surface area contributed by atoms with Gasteiger partial charge in [0, 0.05) is 6.54 Å². The van der Waals surface area contributed by atoms with Gasteiger partial charge < -0.3 is 14.5 Å². The molecule has 26 heavy (non-hydrogen) atoms. The Kier molecular flexibility index (Phi) is 6.27. The lowest BCUT2D eigenvalue weighted by Crippen LogP contribution is -2.30. The van der Waals surface area contributed by atoms with E-state index in [4.69, 9.17) is 9.15 Å². The Balaban J connectivity index is 1.33. The highest BCUT2D eigenvalue weighted by molar-refractivity contribution is 7.99. The number of oxazole rings is 1. The first-order valence-electron chi connectivity index (χ1n) is 8.15. The second-order valence-corrected chi connectivity index (χ2v) is 6.41. The molecule has 0 atom stereocenters. The zero-order valence-electron chi connectivity index (χ0n) is 14.0. The van der Waals surface area contributed by atoms with Gasteiger partial charge in [0.1, 0.15) is 11.3 Å². The van der Waals surface area contributed by atoms with Crippen LogP contribution in [-0.4, -0.2) is 35.8 Å². The maximum absolute atomic E-state index is 11.7. The molecule has 1 heterocycles. The summed E-state index contributed by atoms with van der Waals surface area (Å²) in [5.74, 6) is -0.777. The smallest absolute Gasteiger partial charge is 0.316 e. The summed E-state index contributed by atoms with van der Waals surface area (Å²) >= 11 is 1.14. The lowest BCUT2D eigenvalue weighted by molar-refractivity contribution is -0.145. The molecule has 2 aromatic carbocycles. The molecule has 0 aliphatic rings. The Labute approximate surface area is 154 Å². The largest absolute Gasteiger partial charge is 0.455 e. The topological polar surface area (TPSA) is 81.4 Å². The predicted molar refractivity (Wildman–Crippen MR) is 98.8 cm³/mol. The van der Waals surface area contributed by atoms with Crippen LogP contribution in [0.25, 0.3) is 11.1 Å². The van der Waals surface area contributed by atoms with Crippen LogP contribution in [0.4, 0.5) is 0 Å². The van der Waals surface area contributed by atoms with Crippen molar-refractivity contribution in [2.24, 2.45) is 0 Å². The number of aromatic nitrogens is 1. The van der Waals surface area contributed by atoms with Gasteiger partial charge in [0.25, 0.3) is 11.1 Å². The van der Waals surface area contributed by atoms with Crippen LogP contribution >= 0.6 is 11.8 Å². The first kappa shape index (κ1) is 18.0. The highest BCUT2D eigenvalue weighted by Crippen LogP contribution is 2.22. The first-order valence-corrected chi connectivity index (χ1v) is 9.14. The summed E-state index contributed by atoms with van der Waals surface area (Å²) in [6.07, 6.45) is 0.730. The van der Waals surface area contributed by atoms with Crippen LogP contribution in [0.2, 0.25) is 0 Å². The molecule has 0 aliphatic carbocycles. The van der Waals surface area contributed by atoms with Crippen molar-refractivity contribution in [3.8, 4) is 0 Å². The van der Waals surface area contributed by atoms with Crippen LogP contribution in [-0.2, 0) is 20.7 Å². The Hall–Kier alpha value is -2.80. The quantitative estimate of drug-likeness (QED) is 0.485. The molecule has 1 aromatic heterocycles. The minimum Gasteiger partial charge on any atom is -0.455 e. The first-order chi connectivity index (χ1) is 12.7. The van der Waals surface area contributed by atoms with E-state index in [1.807, 2.05) is 54.6 Å². The van der Waals surface area contributed by atoms with Gasteiger partial charge in [-0.2, -0.15) is 0 Å². The third-order valence-electron chi connectivity index (χ3n) is 3.53. The van der Waals surface area contributed by atoms with Crippen LogP contribution in [0.15, 0.2) is 64.2 Å². The monoisotopic (exact) mass is 370 g/mol. The van der Waals surface area contributed by atoms with Gasteiger partial charge in [-0.05, 0) is 24.1 Å². The number of carbonyl (C=O) groups excluding carboxylic acids is 2. The van der Waals surface area contributed by atoms with E-state index in [0.29, 0.717) is 17.4 Å². The Bertz CT molecular complexity index is 846. The molecular weight excluding hydrogens is 352 g/mol. The van der Waals surface area contributed by atoms with Gasteiger partial charge in [-0.15, -0.1) is 0 Å². The highest BCUT2D eigenvalue weighted by atomic mass is 32.2. The van der Waals surface area contributed by atoms with Crippen molar-refractivity contribution in [3.05, 3.63) is 60.2 Å². The van der Waals surface area contributed by atoms with E-state index in [9.17, 15) is 9.59 Å². The summed E-state index contributed by atoms with van der Waals surface area (Å²) in [5.41, 5.74) is 2.54. The fraction of sp³-hybridized carbons (Fsp3) is 0.211. The summed E-state index contributed by atoms with van der Waals surface area (Å²) in [6, 6.07) is 17.2. The number of para-hydroxylation sites is 2. The van der Waals surface area contributed by atoms with E-state index >= 15 is 0 Å². The molecule has 0 unspecified atom stereocenters. The van der Waals surface area contributed by atoms with Gasteiger partial charge in [0.05, 0.1) is 0 Å². The van der Waals surface area contributed by atoms with Gasteiger partial charge in [0.15, 0.2) is 12.2 Å². The minimum absolute atomic E-state index is 0.0319. The van der Waals surface area contributed by atoms with E-state index in [1.165, 1.54) is 0 Å². The molecule has 0 saturated heterocycles. The van der Waals surface area contributed by atoms with Crippen LogP contribution < -0.4 is 5.32 Å². The van der Waals surface area contributed by atoms with Crippen LogP contribution in [0.3, 0.4) is 0 Å². The number of benzene rings is 2. The third kappa shape index (κ3) is 5.35. The molecule has 0 aliphatic heterocycles. The average molecular weight is 370 g/mol. The summed E-state index contributed by atoms with van der Waals surface area (Å²) in [5, 5.41) is 3.12. The summed E-state index contributed by atoms with van der Waals surface area (Å²) < 4.78 is 10.5. The molecule has 3 rings (SSSR count). The number of carbonyl (C=O) groups is 2. The summed E-state index contributed by atoms with van der Waals surface area (Å²) in [4.78, 5) is 27.7. The molecule has 6 nitrogen and oxygen atoms in total. The predicted octanol–water partition coefficient (Wildman–Crippen LogP) is 2.82.